The first-order chi connectivity index (χ1) is 14.0. The van der Waals surface area contributed by atoms with Crippen molar-refractivity contribution in [3.63, 3.8) is 0 Å². The normalized spacial score (nSPS) is 20.0. The summed E-state index contributed by atoms with van der Waals surface area (Å²) < 4.78 is 27.6. The Kier molecular flexibility index (Phi) is 5.77. The van der Waals surface area contributed by atoms with Gasteiger partial charge in [-0.05, 0) is 49.3 Å². The van der Waals surface area contributed by atoms with Crippen LogP contribution in [-0.4, -0.2) is 47.2 Å². The van der Waals surface area contributed by atoms with Crippen LogP contribution < -0.4 is 9.62 Å². The molecule has 0 aliphatic heterocycles. The molecule has 0 radical (unpaired) electrons. The minimum Gasteiger partial charge on any atom is -0.356 e. The summed E-state index contributed by atoms with van der Waals surface area (Å²) in [4.78, 5) is 18.1. The van der Waals surface area contributed by atoms with Crippen molar-refractivity contribution in [3.05, 3.63) is 48.7 Å². The lowest BCUT2D eigenvalue weighted by Crippen LogP contribution is -2.38. The summed E-state index contributed by atoms with van der Waals surface area (Å²) in [5.41, 5.74) is 1.70. The Hall–Kier alpha value is -2.52. The van der Waals surface area contributed by atoms with Crippen LogP contribution in [-0.2, 0) is 16.6 Å². The molecular weight excluding hydrogens is 388 g/mol. The molecule has 0 atom stereocenters. The van der Waals surface area contributed by atoms with Crippen molar-refractivity contribution in [1.82, 2.24) is 24.7 Å². The second kappa shape index (κ2) is 8.46. The molecule has 9 heteroatoms. The molecule has 1 aliphatic rings. The van der Waals surface area contributed by atoms with Crippen LogP contribution in [0, 0.1) is 5.92 Å². The maximum absolute atomic E-state index is 12.5. The van der Waals surface area contributed by atoms with Crippen molar-refractivity contribution in [2.75, 3.05) is 17.7 Å². The zero-order valence-corrected chi connectivity index (χ0v) is 17.3. The number of aromatic amines is 1. The highest BCUT2D eigenvalue weighted by molar-refractivity contribution is 7.89. The quantitative estimate of drug-likeness (QED) is 0.615. The van der Waals surface area contributed by atoms with E-state index in [0.717, 1.165) is 48.1 Å². The third-order valence-electron chi connectivity index (χ3n) is 5.71. The number of H-pyrrole nitrogens is 1. The lowest BCUT2D eigenvalue weighted by atomic mass is 9.86. The highest BCUT2D eigenvalue weighted by Gasteiger charge is 2.28. The number of nitrogens with zero attached hydrogens (tertiary/aromatic N) is 4. The predicted molar refractivity (Wildman–Crippen MR) is 113 cm³/mol. The minimum absolute atomic E-state index is 0.180. The fourth-order valence-electron chi connectivity index (χ4n) is 4.08. The van der Waals surface area contributed by atoms with Crippen LogP contribution >= 0.6 is 0 Å². The molecule has 0 aromatic carbocycles. The molecule has 4 rings (SSSR count). The average Bonchev–Trinajstić information content (AvgIpc) is 3.22. The van der Waals surface area contributed by atoms with Gasteiger partial charge in [0.15, 0.2) is 0 Å². The summed E-state index contributed by atoms with van der Waals surface area (Å²) >= 11 is 0. The monoisotopic (exact) mass is 414 g/mol. The highest BCUT2D eigenvalue weighted by Crippen LogP contribution is 2.31. The van der Waals surface area contributed by atoms with Crippen LogP contribution in [0.1, 0.15) is 31.2 Å². The van der Waals surface area contributed by atoms with Crippen LogP contribution in [0.5, 0.6) is 0 Å². The maximum atomic E-state index is 12.5. The van der Waals surface area contributed by atoms with Gasteiger partial charge in [-0.25, -0.2) is 23.1 Å². The van der Waals surface area contributed by atoms with Crippen LogP contribution in [0.4, 0.5) is 5.82 Å². The fraction of sp³-hybridized carbons (Fsp3) is 0.450. The number of fused-ring (bicyclic) bond motifs is 1. The SMILES string of the molecule is CN(c1ncnc2[nH]ccc12)C1CCC(CS(=O)(=O)NCc2cccnc2)CC1. The van der Waals surface area contributed by atoms with E-state index < -0.39 is 10.0 Å². The third kappa shape index (κ3) is 4.73. The number of hydrogen-bond donors (Lipinski definition) is 2. The van der Waals surface area contributed by atoms with Gasteiger partial charge in [0.2, 0.25) is 10.0 Å². The molecule has 29 heavy (non-hydrogen) atoms. The molecule has 154 valence electrons. The van der Waals surface area contributed by atoms with E-state index in [2.05, 4.69) is 36.6 Å². The molecule has 1 fully saturated rings. The van der Waals surface area contributed by atoms with Gasteiger partial charge in [0, 0.05) is 38.2 Å². The lowest BCUT2D eigenvalue weighted by molar-refractivity contribution is 0.340. The number of hydrogen-bond acceptors (Lipinski definition) is 6. The molecule has 2 N–H and O–H groups in total. The molecule has 0 bridgehead atoms. The first-order valence-corrected chi connectivity index (χ1v) is 11.5. The minimum atomic E-state index is -3.31. The van der Waals surface area contributed by atoms with Crippen LogP contribution in [0.25, 0.3) is 11.0 Å². The van der Waals surface area contributed by atoms with Gasteiger partial charge in [-0.15, -0.1) is 0 Å². The van der Waals surface area contributed by atoms with E-state index >= 15 is 0 Å². The van der Waals surface area contributed by atoms with E-state index in [9.17, 15) is 8.42 Å². The number of pyridine rings is 1. The maximum Gasteiger partial charge on any atom is 0.212 e. The Balaban J connectivity index is 1.31. The first-order valence-electron chi connectivity index (χ1n) is 9.89. The van der Waals surface area contributed by atoms with Crippen molar-refractivity contribution >= 4 is 26.9 Å². The Morgan fingerprint density at radius 3 is 2.79 bits per heavy atom. The van der Waals surface area contributed by atoms with Crippen molar-refractivity contribution in [3.8, 4) is 0 Å². The van der Waals surface area contributed by atoms with Gasteiger partial charge < -0.3 is 9.88 Å². The van der Waals surface area contributed by atoms with E-state index in [1.54, 1.807) is 24.8 Å². The lowest BCUT2D eigenvalue weighted by Gasteiger charge is -2.35. The largest absolute Gasteiger partial charge is 0.356 e. The molecule has 3 aromatic heterocycles. The summed E-state index contributed by atoms with van der Waals surface area (Å²) in [5.74, 6) is 1.29. The Labute approximate surface area is 170 Å². The van der Waals surface area contributed by atoms with Gasteiger partial charge in [0.25, 0.3) is 0 Å². The Morgan fingerprint density at radius 1 is 1.21 bits per heavy atom. The summed E-state index contributed by atoms with van der Waals surface area (Å²) in [6.45, 7) is 0.286. The van der Waals surface area contributed by atoms with E-state index in [4.69, 9.17) is 0 Å². The molecule has 0 amide bonds. The molecule has 3 heterocycles. The molecular formula is C20H26N6O2S. The molecule has 0 saturated heterocycles. The predicted octanol–water partition coefficient (Wildman–Crippen LogP) is 2.47. The van der Waals surface area contributed by atoms with Crippen LogP contribution in [0.3, 0.4) is 0 Å². The highest BCUT2D eigenvalue weighted by atomic mass is 32.2. The second-order valence-electron chi connectivity index (χ2n) is 7.69. The molecule has 3 aromatic rings. The Morgan fingerprint density at radius 2 is 2.03 bits per heavy atom. The Bertz CT molecular complexity index is 1050. The standard InChI is InChI=1S/C20H26N6O2S/c1-26(20-18-8-10-22-19(18)23-14-24-20)17-6-4-15(5-7-17)13-29(27,28)25-12-16-3-2-9-21-11-16/h2-3,8-11,14-15,17,25H,4-7,12-13H2,1H3,(H,22,23,24). The number of rotatable bonds is 7. The first kappa shape index (κ1) is 19.8. The van der Waals surface area contributed by atoms with E-state index in [-0.39, 0.29) is 18.2 Å². The fourth-order valence-corrected chi connectivity index (χ4v) is 5.54. The molecule has 0 unspecified atom stereocenters. The second-order valence-corrected chi connectivity index (χ2v) is 9.54. The van der Waals surface area contributed by atoms with Crippen molar-refractivity contribution < 1.29 is 8.42 Å². The van der Waals surface area contributed by atoms with Gasteiger partial charge >= 0.3 is 0 Å². The van der Waals surface area contributed by atoms with E-state index in [1.807, 2.05) is 18.3 Å². The summed E-state index contributed by atoms with van der Waals surface area (Å²) in [7, 11) is -1.25. The smallest absolute Gasteiger partial charge is 0.212 e. The van der Waals surface area contributed by atoms with Crippen LogP contribution in [0.15, 0.2) is 43.1 Å². The van der Waals surface area contributed by atoms with Crippen molar-refractivity contribution in [1.29, 1.82) is 0 Å². The van der Waals surface area contributed by atoms with Crippen LogP contribution in [0.2, 0.25) is 0 Å². The zero-order valence-electron chi connectivity index (χ0n) is 16.5. The molecule has 1 aliphatic carbocycles. The topological polar surface area (TPSA) is 104 Å². The van der Waals surface area contributed by atoms with Gasteiger partial charge in [-0.3, -0.25) is 4.98 Å². The average molecular weight is 415 g/mol. The van der Waals surface area contributed by atoms with E-state index in [0.29, 0.717) is 6.04 Å². The summed E-state index contributed by atoms with van der Waals surface area (Å²) in [5, 5.41) is 1.01. The summed E-state index contributed by atoms with van der Waals surface area (Å²) in [6.07, 6.45) is 10.5. The molecule has 8 nitrogen and oxygen atoms in total. The summed E-state index contributed by atoms with van der Waals surface area (Å²) in [6, 6.07) is 6.02. The number of anilines is 1. The number of nitrogens with one attached hydrogen (secondary N) is 2. The zero-order chi connectivity index (χ0) is 20.3. The van der Waals surface area contributed by atoms with Gasteiger partial charge in [-0.1, -0.05) is 6.07 Å². The van der Waals surface area contributed by atoms with Gasteiger partial charge in [-0.2, -0.15) is 0 Å². The molecule has 1 saturated carbocycles. The number of sulfonamides is 1. The number of aromatic nitrogens is 4. The van der Waals surface area contributed by atoms with Crippen molar-refractivity contribution in [2.45, 2.75) is 38.3 Å². The molecule has 0 spiro atoms. The van der Waals surface area contributed by atoms with Gasteiger partial charge in [0.05, 0.1) is 11.1 Å². The van der Waals surface area contributed by atoms with Gasteiger partial charge in [0.1, 0.15) is 17.8 Å². The van der Waals surface area contributed by atoms with Crippen molar-refractivity contribution in [2.24, 2.45) is 5.92 Å². The van der Waals surface area contributed by atoms with E-state index in [1.165, 1.54) is 0 Å². The third-order valence-corrected chi connectivity index (χ3v) is 7.20.